The second-order valence-corrected chi connectivity index (χ2v) is 7.64. The summed E-state index contributed by atoms with van der Waals surface area (Å²) in [5.74, 6) is -0.940. The van der Waals surface area contributed by atoms with Crippen LogP contribution in [-0.4, -0.2) is 33.4 Å². The minimum atomic E-state index is -3.94. The molecule has 0 bridgehead atoms. The van der Waals surface area contributed by atoms with Crippen molar-refractivity contribution in [1.29, 1.82) is 0 Å². The van der Waals surface area contributed by atoms with E-state index in [0.29, 0.717) is 18.4 Å². The molecule has 0 radical (unpaired) electrons. The highest BCUT2D eigenvalue weighted by molar-refractivity contribution is 7.89. The molecule has 4 nitrogen and oxygen atoms in total. The van der Waals surface area contributed by atoms with Crippen molar-refractivity contribution >= 4 is 10.0 Å². The predicted octanol–water partition coefficient (Wildman–Crippen LogP) is 1.96. The zero-order chi connectivity index (χ0) is 15.8. The highest BCUT2D eigenvalue weighted by Crippen LogP contribution is 2.39. The molecule has 7 heteroatoms. The molecule has 1 aliphatic carbocycles. The summed E-state index contributed by atoms with van der Waals surface area (Å²) in [6.07, 6.45) is 0.983. The van der Waals surface area contributed by atoms with E-state index in [9.17, 15) is 17.2 Å². The van der Waals surface area contributed by atoms with E-state index >= 15 is 0 Å². The lowest BCUT2D eigenvalue weighted by Gasteiger charge is -2.18. The summed E-state index contributed by atoms with van der Waals surface area (Å²) in [6, 6.07) is 1.99. The third kappa shape index (κ3) is 3.25. The Morgan fingerprint density at radius 3 is 2.52 bits per heavy atom. The zero-order valence-electron chi connectivity index (χ0n) is 12.4. The molecular formula is C14H20F2N2O2S. The third-order valence-electron chi connectivity index (χ3n) is 3.96. The summed E-state index contributed by atoms with van der Waals surface area (Å²) in [7, 11) is -0.968. The maximum atomic E-state index is 14.3. The number of rotatable bonds is 6. The molecule has 1 N–H and O–H groups in total. The van der Waals surface area contributed by atoms with Crippen molar-refractivity contribution in [2.24, 2.45) is 11.8 Å². The Labute approximate surface area is 124 Å². The van der Waals surface area contributed by atoms with Gasteiger partial charge in [0.1, 0.15) is 10.7 Å². The van der Waals surface area contributed by atoms with Crippen LogP contribution in [0.3, 0.4) is 0 Å². The molecular weight excluding hydrogens is 298 g/mol. The minimum absolute atomic E-state index is 0.0651. The summed E-state index contributed by atoms with van der Waals surface area (Å²) >= 11 is 0. The molecule has 0 aliphatic heterocycles. The van der Waals surface area contributed by atoms with Gasteiger partial charge in [-0.25, -0.2) is 21.5 Å². The molecule has 118 valence electrons. The summed E-state index contributed by atoms with van der Waals surface area (Å²) in [5, 5.41) is 2.63. The Balaban J connectivity index is 2.33. The molecule has 0 spiro atoms. The Kier molecular flexibility index (Phi) is 4.65. The van der Waals surface area contributed by atoms with Crippen LogP contribution in [0.15, 0.2) is 17.0 Å². The van der Waals surface area contributed by atoms with Crippen molar-refractivity contribution in [3.05, 3.63) is 29.3 Å². The molecule has 0 heterocycles. The predicted molar refractivity (Wildman–Crippen MR) is 76.2 cm³/mol. The average molecular weight is 318 g/mol. The van der Waals surface area contributed by atoms with Crippen LogP contribution in [0, 0.1) is 23.5 Å². The molecule has 0 saturated heterocycles. The van der Waals surface area contributed by atoms with Gasteiger partial charge in [-0.05, 0) is 37.4 Å². The van der Waals surface area contributed by atoms with Gasteiger partial charge in [0, 0.05) is 25.7 Å². The van der Waals surface area contributed by atoms with E-state index in [-0.39, 0.29) is 12.1 Å². The second-order valence-electron chi connectivity index (χ2n) is 5.63. The molecule has 1 aromatic rings. The van der Waals surface area contributed by atoms with Crippen LogP contribution in [0.25, 0.3) is 0 Å². The molecule has 21 heavy (non-hydrogen) atoms. The van der Waals surface area contributed by atoms with Gasteiger partial charge < -0.3 is 5.32 Å². The fourth-order valence-electron chi connectivity index (χ4n) is 2.36. The number of halogens is 2. The maximum Gasteiger partial charge on any atom is 0.245 e. The van der Waals surface area contributed by atoms with Gasteiger partial charge in [-0.2, -0.15) is 0 Å². The molecule has 1 fully saturated rings. The summed E-state index contributed by atoms with van der Waals surface area (Å²) in [6.45, 7) is 2.35. The third-order valence-corrected chi connectivity index (χ3v) is 5.80. The van der Waals surface area contributed by atoms with E-state index in [2.05, 4.69) is 12.2 Å². The van der Waals surface area contributed by atoms with Crippen molar-refractivity contribution in [3.63, 3.8) is 0 Å². The lowest BCUT2D eigenvalue weighted by atomic mass is 10.2. The standard InChI is InChI=1S/C14H20F2N2O2S/c1-9-6-10(9)8-18(3)21(19,20)13-5-4-12(15)11(7-17-2)14(13)16/h4-5,9-10,17H,6-8H2,1-3H3. The van der Waals surface area contributed by atoms with Gasteiger partial charge in [0.15, 0.2) is 5.82 Å². The second kappa shape index (κ2) is 5.98. The Bertz CT molecular complexity index is 634. The van der Waals surface area contributed by atoms with E-state index in [4.69, 9.17) is 0 Å². The van der Waals surface area contributed by atoms with Crippen LogP contribution >= 0.6 is 0 Å². The first-order chi connectivity index (χ1) is 9.78. The number of benzene rings is 1. The Morgan fingerprint density at radius 2 is 2.00 bits per heavy atom. The van der Waals surface area contributed by atoms with E-state index in [1.54, 1.807) is 7.05 Å². The summed E-state index contributed by atoms with van der Waals surface area (Å²) in [5.41, 5.74) is -0.258. The van der Waals surface area contributed by atoms with Crippen LogP contribution in [0.2, 0.25) is 0 Å². The fourth-order valence-corrected chi connectivity index (χ4v) is 3.68. The first kappa shape index (κ1) is 16.3. The Morgan fingerprint density at radius 1 is 1.38 bits per heavy atom. The topological polar surface area (TPSA) is 49.4 Å². The molecule has 0 aromatic heterocycles. The molecule has 0 amide bonds. The van der Waals surface area contributed by atoms with Crippen LogP contribution in [-0.2, 0) is 16.6 Å². The number of nitrogens with one attached hydrogen (secondary N) is 1. The molecule has 2 rings (SSSR count). The van der Waals surface area contributed by atoms with E-state index < -0.39 is 26.6 Å². The van der Waals surface area contributed by atoms with Gasteiger partial charge in [-0.15, -0.1) is 0 Å². The first-order valence-corrected chi connectivity index (χ1v) is 8.30. The van der Waals surface area contributed by atoms with Crippen LogP contribution < -0.4 is 5.32 Å². The zero-order valence-corrected chi connectivity index (χ0v) is 13.2. The largest absolute Gasteiger partial charge is 0.315 e. The van der Waals surface area contributed by atoms with E-state index in [0.717, 1.165) is 22.9 Å². The van der Waals surface area contributed by atoms with Crippen molar-refractivity contribution in [3.8, 4) is 0 Å². The van der Waals surface area contributed by atoms with Crippen LogP contribution in [0.1, 0.15) is 18.9 Å². The average Bonchev–Trinajstić information content (AvgIpc) is 3.09. The molecule has 1 aliphatic rings. The maximum absolute atomic E-state index is 14.3. The SMILES string of the molecule is CNCc1c(F)ccc(S(=O)(=O)N(C)CC2CC2C)c1F. The minimum Gasteiger partial charge on any atom is -0.315 e. The molecule has 2 unspecified atom stereocenters. The smallest absolute Gasteiger partial charge is 0.245 e. The summed E-state index contributed by atoms with van der Waals surface area (Å²) in [4.78, 5) is -0.468. The lowest BCUT2D eigenvalue weighted by molar-refractivity contribution is 0.437. The van der Waals surface area contributed by atoms with Gasteiger partial charge in [0.05, 0.1) is 0 Å². The number of hydrogen-bond acceptors (Lipinski definition) is 3. The van der Waals surface area contributed by atoms with Crippen molar-refractivity contribution in [2.75, 3.05) is 20.6 Å². The van der Waals surface area contributed by atoms with Crippen LogP contribution in [0.5, 0.6) is 0 Å². The van der Waals surface area contributed by atoms with Gasteiger partial charge in [-0.3, -0.25) is 0 Å². The van der Waals surface area contributed by atoms with Gasteiger partial charge in [0.25, 0.3) is 0 Å². The molecule has 1 aromatic carbocycles. The lowest BCUT2D eigenvalue weighted by Crippen LogP contribution is -2.30. The van der Waals surface area contributed by atoms with Gasteiger partial charge >= 0.3 is 0 Å². The molecule has 1 saturated carbocycles. The first-order valence-electron chi connectivity index (χ1n) is 6.86. The van der Waals surface area contributed by atoms with Crippen molar-refractivity contribution in [1.82, 2.24) is 9.62 Å². The molecule has 2 atom stereocenters. The van der Waals surface area contributed by atoms with Crippen molar-refractivity contribution < 1.29 is 17.2 Å². The highest BCUT2D eigenvalue weighted by atomic mass is 32.2. The number of sulfonamides is 1. The number of nitrogens with zero attached hydrogens (tertiary/aromatic N) is 1. The van der Waals surface area contributed by atoms with E-state index in [1.807, 2.05) is 0 Å². The fraction of sp³-hybridized carbons (Fsp3) is 0.571. The van der Waals surface area contributed by atoms with Gasteiger partial charge in [-0.1, -0.05) is 6.92 Å². The highest BCUT2D eigenvalue weighted by Gasteiger charge is 2.37. The van der Waals surface area contributed by atoms with E-state index in [1.165, 1.54) is 7.05 Å². The number of hydrogen-bond donors (Lipinski definition) is 1. The summed E-state index contributed by atoms with van der Waals surface area (Å²) < 4.78 is 53.9. The van der Waals surface area contributed by atoms with Crippen LogP contribution in [0.4, 0.5) is 8.78 Å². The monoisotopic (exact) mass is 318 g/mol. The Hall–Kier alpha value is -1.05. The van der Waals surface area contributed by atoms with Crippen molar-refractivity contribution in [2.45, 2.75) is 24.8 Å². The normalized spacial score (nSPS) is 21.8. The van der Waals surface area contributed by atoms with Gasteiger partial charge in [0.2, 0.25) is 10.0 Å². The quantitative estimate of drug-likeness (QED) is 0.872.